The highest BCUT2D eigenvalue weighted by Crippen LogP contribution is 2.44. The monoisotopic (exact) mass is 345 g/mol. The van der Waals surface area contributed by atoms with Crippen LogP contribution in [0.4, 0.5) is 0 Å². The van der Waals surface area contributed by atoms with Crippen LogP contribution in [-0.4, -0.2) is 40.2 Å². The molecule has 1 aromatic rings. The lowest BCUT2D eigenvalue weighted by Crippen LogP contribution is -2.34. The third-order valence-electron chi connectivity index (χ3n) is 3.85. The maximum Gasteiger partial charge on any atom is 0.332 e. The van der Waals surface area contributed by atoms with E-state index in [2.05, 4.69) is 4.98 Å². The summed E-state index contributed by atoms with van der Waals surface area (Å²) in [7, 11) is 0. The maximum absolute atomic E-state index is 11.6. The Bertz CT molecular complexity index is 525. The Kier molecular flexibility index (Phi) is 6.58. The van der Waals surface area contributed by atoms with Crippen molar-refractivity contribution in [2.24, 2.45) is 5.73 Å². The number of halogens is 1. The Hall–Kier alpha value is -1.60. The van der Waals surface area contributed by atoms with E-state index in [9.17, 15) is 9.59 Å². The number of imidazole rings is 1. The highest BCUT2D eigenvalue weighted by atomic mass is 35.5. The molecule has 0 aliphatic heterocycles. The number of nitrogens with zero attached hydrogens (tertiary/aromatic N) is 2. The van der Waals surface area contributed by atoms with E-state index in [1.165, 1.54) is 0 Å². The summed E-state index contributed by atoms with van der Waals surface area (Å²) in [5.74, 6) is -0.377. The van der Waals surface area contributed by atoms with Gasteiger partial charge in [-0.15, -0.1) is 12.4 Å². The molecule has 0 radical (unpaired) electrons. The molecule has 3 rings (SSSR count). The lowest BCUT2D eigenvalue weighted by Gasteiger charge is -2.14. The lowest BCUT2D eigenvalue weighted by molar-refractivity contribution is -0.149. The first-order valence-electron chi connectivity index (χ1n) is 7.60. The molecule has 1 aromatic heterocycles. The van der Waals surface area contributed by atoms with Crippen LogP contribution >= 0.6 is 12.4 Å². The van der Waals surface area contributed by atoms with E-state index in [0.717, 1.165) is 25.7 Å². The second-order valence-corrected chi connectivity index (χ2v) is 5.60. The van der Waals surface area contributed by atoms with Crippen molar-refractivity contribution in [3.8, 4) is 0 Å². The molecule has 0 unspecified atom stereocenters. The number of hydrogen-bond acceptors (Lipinski definition) is 6. The predicted molar refractivity (Wildman–Crippen MR) is 86.1 cm³/mol. The van der Waals surface area contributed by atoms with Crippen molar-refractivity contribution >= 4 is 24.3 Å². The van der Waals surface area contributed by atoms with Gasteiger partial charge in [-0.25, -0.2) is 9.78 Å². The summed E-state index contributed by atoms with van der Waals surface area (Å²) in [6.07, 6.45) is 8.45. The maximum atomic E-state index is 11.6. The van der Waals surface area contributed by atoms with Crippen molar-refractivity contribution in [3.63, 3.8) is 0 Å². The number of aromatic nitrogens is 2. The van der Waals surface area contributed by atoms with Gasteiger partial charge in [-0.05, 0) is 39.5 Å². The summed E-state index contributed by atoms with van der Waals surface area (Å²) in [5, 5.41) is 0. The highest BCUT2D eigenvalue weighted by molar-refractivity contribution is 5.85. The van der Waals surface area contributed by atoms with Gasteiger partial charge in [0.15, 0.2) is 0 Å². The minimum absolute atomic E-state index is 0. The molecule has 23 heavy (non-hydrogen) atoms. The average Bonchev–Trinajstić information content (AvgIpc) is 3.40. The molecule has 0 amide bonds. The lowest BCUT2D eigenvalue weighted by atomic mass is 10.3. The molecule has 0 spiro atoms. The number of rotatable bonds is 5. The van der Waals surface area contributed by atoms with Crippen molar-refractivity contribution < 1.29 is 19.1 Å². The number of hydrogen-bond donors (Lipinski definition) is 1. The van der Waals surface area contributed by atoms with Gasteiger partial charge in [-0.2, -0.15) is 0 Å². The predicted octanol–water partition coefficient (Wildman–Crippen LogP) is 1.40. The van der Waals surface area contributed by atoms with Crippen molar-refractivity contribution in [3.05, 3.63) is 18.7 Å². The van der Waals surface area contributed by atoms with Gasteiger partial charge in [-0.1, -0.05) is 0 Å². The van der Waals surface area contributed by atoms with Crippen molar-refractivity contribution in [2.75, 3.05) is 13.2 Å². The van der Waals surface area contributed by atoms with E-state index in [4.69, 9.17) is 15.2 Å². The third-order valence-corrected chi connectivity index (χ3v) is 3.85. The van der Waals surface area contributed by atoms with Crippen LogP contribution in [0.15, 0.2) is 18.7 Å². The van der Waals surface area contributed by atoms with Gasteiger partial charge in [-0.3, -0.25) is 4.79 Å². The highest BCUT2D eigenvalue weighted by Gasteiger charge is 2.53. The van der Waals surface area contributed by atoms with E-state index in [1.54, 1.807) is 19.4 Å². The molecule has 0 bridgehead atoms. The second-order valence-electron chi connectivity index (χ2n) is 5.60. The molecule has 0 saturated heterocycles. The SMILES string of the molecule is CCOC(=O)C1(N)CC1.CCOC(=O)C1(n2ccnc2)CC1.Cl. The van der Waals surface area contributed by atoms with Gasteiger partial charge in [0.25, 0.3) is 0 Å². The van der Waals surface area contributed by atoms with Gasteiger partial charge >= 0.3 is 11.9 Å². The van der Waals surface area contributed by atoms with Gasteiger partial charge < -0.3 is 19.8 Å². The Labute approximate surface area is 141 Å². The summed E-state index contributed by atoms with van der Waals surface area (Å²) < 4.78 is 11.5. The molecule has 2 aliphatic carbocycles. The molecular weight excluding hydrogens is 322 g/mol. The first kappa shape index (κ1) is 19.4. The molecule has 8 heteroatoms. The van der Waals surface area contributed by atoms with Gasteiger partial charge in [0.05, 0.1) is 19.5 Å². The number of carbonyl (C=O) groups excluding carboxylic acids is 2. The average molecular weight is 346 g/mol. The molecular formula is C15H24ClN3O4. The summed E-state index contributed by atoms with van der Waals surface area (Å²) in [6, 6.07) is 0. The van der Waals surface area contributed by atoms with Gasteiger partial charge in [0.2, 0.25) is 0 Å². The fourth-order valence-electron chi connectivity index (χ4n) is 2.08. The fourth-order valence-corrected chi connectivity index (χ4v) is 2.08. The van der Waals surface area contributed by atoms with Crippen LogP contribution in [0.3, 0.4) is 0 Å². The fraction of sp³-hybridized carbons (Fsp3) is 0.667. The molecule has 2 aliphatic rings. The van der Waals surface area contributed by atoms with E-state index >= 15 is 0 Å². The summed E-state index contributed by atoms with van der Waals surface area (Å²) >= 11 is 0. The van der Waals surface area contributed by atoms with Crippen LogP contribution in [0.25, 0.3) is 0 Å². The van der Waals surface area contributed by atoms with E-state index in [1.807, 2.05) is 17.7 Å². The summed E-state index contributed by atoms with van der Waals surface area (Å²) in [6.45, 7) is 4.47. The van der Waals surface area contributed by atoms with Crippen LogP contribution < -0.4 is 5.73 Å². The Morgan fingerprint density at radius 2 is 1.70 bits per heavy atom. The van der Waals surface area contributed by atoms with E-state index in [0.29, 0.717) is 13.2 Å². The number of carbonyl (C=O) groups is 2. The van der Waals surface area contributed by atoms with E-state index in [-0.39, 0.29) is 24.3 Å². The quantitative estimate of drug-likeness (QED) is 0.810. The van der Waals surface area contributed by atoms with Crippen LogP contribution in [0.5, 0.6) is 0 Å². The van der Waals surface area contributed by atoms with Crippen molar-refractivity contribution in [2.45, 2.75) is 50.6 Å². The zero-order chi connectivity index (χ0) is 16.2. The molecule has 2 N–H and O–H groups in total. The van der Waals surface area contributed by atoms with Gasteiger partial charge in [0.1, 0.15) is 11.1 Å². The zero-order valence-electron chi connectivity index (χ0n) is 13.5. The zero-order valence-corrected chi connectivity index (χ0v) is 14.3. The Balaban J connectivity index is 0.000000235. The van der Waals surface area contributed by atoms with Crippen LogP contribution in [0, 0.1) is 0 Å². The minimum atomic E-state index is -0.601. The molecule has 2 saturated carbocycles. The van der Waals surface area contributed by atoms with Crippen LogP contribution in [0.2, 0.25) is 0 Å². The smallest absolute Gasteiger partial charge is 0.332 e. The van der Waals surface area contributed by atoms with Crippen molar-refractivity contribution in [1.82, 2.24) is 9.55 Å². The largest absolute Gasteiger partial charge is 0.465 e. The standard InChI is InChI=1S/C9H12N2O2.C6H11NO2.ClH/c1-2-13-8(12)9(3-4-9)11-6-5-10-7-11;1-2-9-5(8)6(7)3-4-6;/h5-7H,2-4H2,1H3;2-4,7H2,1H3;1H. The molecule has 130 valence electrons. The first-order valence-corrected chi connectivity index (χ1v) is 7.60. The molecule has 1 heterocycles. The number of esters is 2. The summed E-state index contributed by atoms with van der Waals surface area (Å²) in [5.41, 5.74) is 4.48. The van der Waals surface area contributed by atoms with Gasteiger partial charge in [0, 0.05) is 12.4 Å². The summed E-state index contributed by atoms with van der Waals surface area (Å²) in [4.78, 5) is 26.3. The number of nitrogens with two attached hydrogens (primary N) is 1. The first-order chi connectivity index (χ1) is 10.5. The molecule has 0 aromatic carbocycles. The number of ether oxygens (including phenoxy) is 2. The van der Waals surface area contributed by atoms with Crippen molar-refractivity contribution in [1.29, 1.82) is 0 Å². The normalized spacial score (nSPS) is 18.6. The minimum Gasteiger partial charge on any atom is -0.465 e. The van der Waals surface area contributed by atoms with Crippen LogP contribution in [0.1, 0.15) is 39.5 Å². The topological polar surface area (TPSA) is 96.4 Å². The van der Waals surface area contributed by atoms with E-state index < -0.39 is 11.1 Å². The third kappa shape index (κ3) is 4.45. The Morgan fingerprint density at radius 1 is 1.13 bits per heavy atom. The Morgan fingerprint density at radius 3 is 2.09 bits per heavy atom. The van der Waals surface area contributed by atoms with Crippen LogP contribution in [-0.2, 0) is 24.6 Å². The molecule has 0 atom stereocenters. The molecule has 7 nitrogen and oxygen atoms in total. The molecule has 2 fully saturated rings. The second kappa shape index (κ2) is 7.79.